The first kappa shape index (κ1) is 48.2. The number of carbonyl (C=O) groups is 2. The third-order valence-electron chi connectivity index (χ3n) is 11.9. The first-order chi connectivity index (χ1) is 34.4. The number of benzene rings is 4. The van der Waals surface area contributed by atoms with Crippen LogP contribution in [0.2, 0.25) is 5.02 Å². The van der Waals surface area contributed by atoms with E-state index in [1.807, 2.05) is 109 Å². The summed E-state index contributed by atoms with van der Waals surface area (Å²) in [5.41, 5.74) is 7.66. The number of ether oxygens (including phenoxy) is 1. The van der Waals surface area contributed by atoms with E-state index >= 15 is 0 Å². The Labute approximate surface area is 411 Å². The van der Waals surface area contributed by atoms with Crippen LogP contribution in [0.5, 0.6) is 5.75 Å². The van der Waals surface area contributed by atoms with E-state index in [-0.39, 0.29) is 23.1 Å². The molecule has 2 unspecified atom stereocenters. The van der Waals surface area contributed by atoms with Crippen molar-refractivity contribution in [2.45, 2.75) is 32.9 Å². The van der Waals surface area contributed by atoms with Crippen LogP contribution in [-0.2, 0) is 9.59 Å². The first-order valence-corrected chi connectivity index (χ1v) is 23.3. The molecule has 2 saturated heterocycles. The van der Waals surface area contributed by atoms with E-state index in [0.717, 1.165) is 46.7 Å². The van der Waals surface area contributed by atoms with Gasteiger partial charge in [-0.15, -0.1) is 0 Å². The summed E-state index contributed by atoms with van der Waals surface area (Å²) in [7, 11) is 0. The van der Waals surface area contributed by atoms with Crippen LogP contribution in [0.4, 0.5) is 36.2 Å². The van der Waals surface area contributed by atoms with Gasteiger partial charge in [0.1, 0.15) is 41.5 Å². The Hall–Kier alpha value is -7.80. The van der Waals surface area contributed by atoms with E-state index < -0.39 is 29.5 Å². The Morgan fingerprint density at radius 2 is 1.17 bits per heavy atom. The third-order valence-corrected chi connectivity index (χ3v) is 12.2. The minimum atomic E-state index is -1.54. The molecule has 71 heavy (non-hydrogen) atoms. The second kappa shape index (κ2) is 21.5. The maximum Gasteiger partial charge on any atom is 0.248 e. The van der Waals surface area contributed by atoms with Gasteiger partial charge in [0.05, 0.1) is 34.1 Å². The van der Waals surface area contributed by atoms with Gasteiger partial charge in [-0.3, -0.25) is 9.59 Å². The lowest BCUT2D eigenvalue weighted by atomic mass is 10.1. The van der Waals surface area contributed by atoms with E-state index in [0.29, 0.717) is 89.5 Å². The number of aromatic nitrogens is 6. The molecule has 19 heteroatoms. The normalized spacial score (nSPS) is 15.8. The van der Waals surface area contributed by atoms with Crippen LogP contribution in [0.3, 0.4) is 0 Å². The molecule has 15 nitrogen and oxygen atoms in total. The van der Waals surface area contributed by atoms with E-state index in [2.05, 4.69) is 46.2 Å². The number of fused-ring (bicyclic) bond motifs is 2. The second-order valence-electron chi connectivity index (χ2n) is 16.9. The van der Waals surface area contributed by atoms with Crippen LogP contribution < -0.4 is 35.8 Å². The van der Waals surface area contributed by atoms with E-state index in [4.69, 9.17) is 21.3 Å². The molecule has 2 aliphatic rings. The smallest absolute Gasteiger partial charge is 0.248 e. The fraction of sp³-hybridized carbons (Fsp3) is 0.231. The molecule has 0 saturated carbocycles. The van der Waals surface area contributed by atoms with Crippen LogP contribution in [-0.4, -0.2) is 99.7 Å². The van der Waals surface area contributed by atoms with Crippen molar-refractivity contribution in [1.29, 1.82) is 0 Å². The summed E-state index contributed by atoms with van der Waals surface area (Å²) in [6.07, 6.45) is 2.90. The van der Waals surface area contributed by atoms with Crippen LogP contribution in [0, 0.1) is 31.3 Å². The summed E-state index contributed by atoms with van der Waals surface area (Å²) in [6, 6.07) is 28.6. The number of hydrogen-bond acceptors (Lipinski definition) is 13. The van der Waals surface area contributed by atoms with Crippen molar-refractivity contribution in [3.8, 4) is 28.3 Å². The second-order valence-corrected chi connectivity index (χ2v) is 17.3. The van der Waals surface area contributed by atoms with E-state index in [9.17, 15) is 22.8 Å². The number of piperazine rings is 2. The van der Waals surface area contributed by atoms with Gasteiger partial charge in [0, 0.05) is 61.8 Å². The first-order valence-electron chi connectivity index (χ1n) is 22.9. The number of rotatable bonds is 10. The summed E-state index contributed by atoms with van der Waals surface area (Å²) in [4.78, 5) is 57.5. The average Bonchev–Trinajstić information content (AvgIpc) is 3.38. The Morgan fingerprint density at radius 3 is 1.65 bits per heavy atom. The standard InChI is InChI=1S/C27H27ClN6O2.C25H21F3N6O/c1-3-36-24-10-7-18(14-20(24)28)21-8-9-22-25(33-21)26(31-16-30-22)34-12-11-29-15-23(34)27(35)32-19-6-4-5-17(2)13-19;1-14-3-2-4-16(9-14)32-25(35)21-12-29-7-8-34(21)24-23-20(30-13-31-24)6-5-19(33-23)15-10-17(26)22(28)18(27)11-15/h4-10,13-14,16,23,29H,3,11-12,15H2,1-2H3,(H,32,35);2-6,9-11,13,21,29H,7-8,12H2,1H3,(H,32,35). The lowest BCUT2D eigenvalue weighted by Gasteiger charge is -2.36. The lowest BCUT2D eigenvalue weighted by Crippen LogP contribution is -2.57. The molecule has 4 aromatic carbocycles. The molecule has 4 aromatic heterocycles. The molecule has 8 aromatic rings. The van der Waals surface area contributed by atoms with Gasteiger partial charge in [0.15, 0.2) is 29.1 Å². The number of nitrogens with zero attached hydrogens (tertiary/aromatic N) is 8. The zero-order chi connectivity index (χ0) is 49.6. The Kier molecular flexibility index (Phi) is 14.6. The summed E-state index contributed by atoms with van der Waals surface area (Å²) < 4.78 is 46.7. The number of halogens is 4. The van der Waals surface area contributed by atoms with Crippen molar-refractivity contribution < 1.29 is 27.5 Å². The van der Waals surface area contributed by atoms with Crippen LogP contribution in [0.15, 0.2) is 116 Å². The highest BCUT2D eigenvalue weighted by atomic mass is 35.5. The van der Waals surface area contributed by atoms with Crippen molar-refractivity contribution in [3.63, 3.8) is 0 Å². The number of carbonyl (C=O) groups excluding carboxylic acids is 2. The average molecular weight is 981 g/mol. The quantitative estimate of drug-likeness (QED) is 0.0965. The van der Waals surface area contributed by atoms with Gasteiger partial charge >= 0.3 is 0 Å². The van der Waals surface area contributed by atoms with Crippen LogP contribution in [0.25, 0.3) is 44.6 Å². The minimum Gasteiger partial charge on any atom is -0.492 e. The zero-order valence-corrected chi connectivity index (χ0v) is 39.6. The fourth-order valence-electron chi connectivity index (χ4n) is 8.51. The highest BCUT2D eigenvalue weighted by molar-refractivity contribution is 6.32. The van der Waals surface area contributed by atoms with Crippen LogP contribution in [0.1, 0.15) is 18.1 Å². The number of amides is 2. The number of nitrogens with one attached hydrogen (secondary N) is 4. The van der Waals surface area contributed by atoms with E-state index in [1.54, 1.807) is 12.1 Å². The fourth-order valence-corrected chi connectivity index (χ4v) is 8.75. The molecule has 0 aliphatic carbocycles. The molecule has 0 radical (unpaired) electrons. The Bertz CT molecular complexity index is 3250. The molecule has 362 valence electrons. The van der Waals surface area contributed by atoms with E-state index in [1.165, 1.54) is 12.7 Å². The van der Waals surface area contributed by atoms with Crippen molar-refractivity contribution in [3.05, 3.63) is 149 Å². The highest BCUT2D eigenvalue weighted by Gasteiger charge is 2.33. The summed E-state index contributed by atoms with van der Waals surface area (Å²) >= 11 is 6.42. The van der Waals surface area contributed by atoms with Crippen molar-refractivity contribution >= 4 is 68.5 Å². The van der Waals surface area contributed by atoms with Crippen molar-refractivity contribution in [2.75, 3.05) is 66.3 Å². The molecule has 6 heterocycles. The zero-order valence-electron chi connectivity index (χ0n) is 38.9. The predicted octanol–water partition coefficient (Wildman–Crippen LogP) is 8.30. The highest BCUT2D eigenvalue weighted by Crippen LogP contribution is 2.33. The number of aryl methyl sites for hydroxylation is 2. The SMILES string of the molecule is CCOc1ccc(-c2ccc3ncnc(N4CCNCC4C(=O)Nc4cccc(C)c4)c3n2)cc1Cl.Cc1cccc(NC(=O)C2CNCCN2c2ncnc3ccc(-c4cc(F)c(F)c(F)c4)nc23)c1. The van der Waals surface area contributed by atoms with Crippen LogP contribution >= 0.6 is 11.6 Å². The third kappa shape index (κ3) is 10.8. The van der Waals surface area contributed by atoms with Gasteiger partial charge in [-0.2, -0.15) is 0 Å². The molecule has 4 N–H and O–H groups in total. The van der Waals surface area contributed by atoms with Gasteiger partial charge < -0.3 is 35.8 Å². The Morgan fingerprint density at radius 1 is 0.662 bits per heavy atom. The molecule has 10 rings (SSSR count). The predicted molar refractivity (Wildman–Crippen MR) is 269 cm³/mol. The molecule has 2 fully saturated rings. The molecule has 2 amide bonds. The molecular formula is C52H48ClF3N12O3. The topological polar surface area (TPSA) is 175 Å². The van der Waals surface area contributed by atoms with Gasteiger partial charge in [0.2, 0.25) is 11.8 Å². The molecule has 0 spiro atoms. The number of anilines is 4. The van der Waals surface area contributed by atoms with Gasteiger partial charge in [-0.25, -0.2) is 43.1 Å². The maximum atomic E-state index is 13.8. The molecule has 0 bridgehead atoms. The summed E-state index contributed by atoms with van der Waals surface area (Å²) in [5.74, 6) is -2.78. The monoisotopic (exact) mass is 980 g/mol. The number of hydrogen-bond donors (Lipinski definition) is 4. The molecule has 2 aliphatic heterocycles. The summed E-state index contributed by atoms with van der Waals surface area (Å²) in [5, 5.41) is 13.1. The Balaban J connectivity index is 0.000000176. The van der Waals surface area contributed by atoms with Crippen molar-refractivity contribution in [1.82, 2.24) is 40.5 Å². The lowest BCUT2D eigenvalue weighted by molar-refractivity contribution is -0.118. The largest absolute Gasteiger partial charge is 0.492 e. The minimum absolute atomic E-state index is 0.0761. The van der Waals surface area contributed by atoms with Crippen molar-refractivity contribution in [2.24, 2.45) is 0 Å². The summed E-state index contributed by atoms with van der Waals surface area (Å²) in [6.45, 7) is 9.72. The molecular weight excluding hydrogens is 933 g/mol. The number of pyridine rings is 2. The maximum absolute atomic E-state index is 13.8. The van der Waals surface area contributed by atoms with Gasteiger partial charge in [0.25, 0.3) is 0 Å². The van der Waals surface area contributed by atoms with Gasteiger partial charge in [-0.1, -0.05) is 35.9 Å². The van der Waals surface area contributed by atoms with Gasteiger partial charge in [-0.05, 0) is 111 Å². The molecule has 2 atom stereocenters.